The Morgan fingerprint density at radius 1 is 1.45 bits per heavy atom. The number of benzene rings is 1. The predicted octanol–water partition coefficient (Wildman–Crippen LogP) is 2.00. The molecule has 20 heavy (non-hydrogen) atoms. The van der Waals surface area contributed by atoms with Crippen LogP contribution < -0.4 is 5.32 Å². The number of hydrogen-bond acceptors (Lipinski definition) is 4. The van der Waals surface area contributed by atoms with Crippen molar-refractivity contribution < 1.29 is 9.18 Å². The van der Waals surface area contributed by atoms with Gasteiger partial charge in [-0.25, -0.2) is 9.07 Å². The number of nitrogens with one attached hydrogen (secondary N) is 1. The van der Waals surface area contributed by atoms with E-state index >= 15 is 0 Å². The highest BCUT2D eigenvalue weighted by Gasteiger charge is 2.16. The third kappa shape index (κ3) is 3.43. The second-order valence-corrected chi connectivity index (χ2v) is 4.90. The molecule has 0 fully saturated rings. The Bertz CT molecular complexity index is 620. The molecule has 1 N–H and O–H groups in total. The van der Waals surface area contributed by atoms with E-state index in [1.165, 1.54) is 23.1 Å². The molecule has 0 saturated heterocycles. The van der Waals surface area contributed by atoms with Crippen LogP contribution in [0.5, 0.6) is 0 Å². The van der Waals surface area contributed by atoms with Gasteiger partial charge in [-0.3, -0.25) is 4.79 Å². The zero-order chi connectivity index (χ0) is 14.7. The second-order valence-electron chi connectivity index (χ2n) is 4.08. The first-order valence-corrected chi connectivity index (χ1v) is 6.37. The van der Waals surface area contributed by atoms with Gasteiger partial charge in [0.1, 0.15) is 18.7 Å². The van der Waals surface area contributed by atoms with Crippen LogP contribution in [0.2, 0.25) is 10.0 Å². The van der Waals surface area contributed by atoms with Crippen molar-refractivity contribution in [3.05, 3.63) is 39.9 Å². The van der Waals surface area contributed by atoms with Crippen LogP contribution in [0.15, 0.2) is 18.5 Å². The molecule has 1 heterocycles. The molecule has 1 atom stereocenters. The van der Waals surface area contributed by atoms with E-state index < -0.39 is 11.9 Å². The van der Waals surface area contributed by atoms with Gasteiger partial charge in [-0.05, 0) is 35.0 Å². The van der Waals surface area contributed by atoms with Gasteiger partial charge in [0.2, 0.25) is 5.91 Å². The van der Waals surface area contributed by atoms with Crippen molar-refractivity contribution in [2.75, 3.05) is 0 Å². The lowest BCUT2D eigenvalue weighted by Crippen LogP contribution is -2.30. The molecule has 0 saturated carbocycles. The van der Waals surface area contributed by atoms with Gasteiger partial charge >= 0.3 is 0 Å². The Balaban J connectivity index is 2.06. The summed E-state index contributed by atoms with van der Waals surface area (Å²) in [7, 11) is 0. The van der Waals surface area contributed by atoms with Crippen molar-refractivity contribution in [3.8, 4) is 0 Å². The second kappa shape index (κ2) is 6.15. The lowest BCUT2D eigenvalue weighted by Gasteiger charge is -2.16. The highest BCUT2D eigenvalue weighted by molar-refractivity contribution is 6.35. The van der Waals surface area contributed by atoms with Crippen LogP contribution in [0.3, 0.4) is 0 Å². The molecule has 0 bridgehead atoms. The van der Waals surface area contributed by atoms with E-state index in [1.54, 1.807) is 6.92 Å². The number of halogens is 3. The maximum atomic E-state index is 13.4. The fraction of sp³-hybridized carbons (Fsp3) is 0.273. The number of carbonyl (C=O) groups excluding carboxylic acids is 1. The van der Waals surface area contributed by atoms with E-state index in [0.717, 1.165) is 0 Å². The van der Waals surface area contributed by atoms with E-state index in [9.17, 15) is 9.18 Å². The third-order valence-electron chi connectivity index (χ3n) is 2.58. The summed E-state index contributed by atoms with van der Waals surface area (Å²) >= 11 is 11.6. The Labute approximate surface area is 123 Å². The van der Waals surface area contributed by atoms with Gasteiger partial charge in [-0.1, -0.05) is 23.2 Å². The molecule has 0 aliphatic heterocycles. The quantitative estimate of drug-likeness (QED) is 0.875. The summed E-state index contributed by atoms with van der Waals surface area (Å²) in [5, 5.41) is 13.3. The predicted molar refractivity (Wildman–Crippen MR) is 70.8 cm³/mol. The largest absolute Gasteiger partial charge is 0.348 e. The Kier molecular flexibility index (Phi) is 4.51. The fourth-order valence-electron chi connectivity index (χ4n) is 1.63. The first-order valence-electron chi connectivity index (χ1n) is 5.62. The molecule has 2 aromatic rings. The highest BCUT2D eigenvalue weighted by Crippen LogP contribution is 2.28. The van der Waals surface area contributed by atoms with Crippen LogP contribution in [-0.2, 0) is 11.3 Å². The number of aromatic nitrogens is 4. The molecular weight excluding hydrogens is 308 g/mol. The monoisotopic (exact) mass is 317 g/mol. The first kappa shape index (κ1) is 14.7. The molecule has 0 aliphatic carbocycles. The molecule has 0 radical (unpaired) electrons. The lowest BCUT2D eigenvalue weighted by atomic mass is 10.1. The Morgan fingerprint density at radius 2 is 2.20 bits per heavy atom. The Morgan fingerprint density at radius 3 is 2.85 bits per heavy atom. The van der Waals surface area contributed by atoms with Gasteiger partial charge in [-0.15, -0.1) is 5.10 Å². The zero-order valence-corrected chi connectivity index (χ0v) is 11.9. The van der Waals surface area contributed by atoms with Crippen LogP contribution in [0.1, 0.15) is 18.5 Å². The minimum atomic E-state index is -0.590. The molecule has 1 aromatic heterocycles. The average Bonchev–Trinajstić information content (AvgIpc) is 2.86. The molecule has 0 aliphatic rings. The van der Waals surface area contributed by atoms with Gasteiger partial charge in [0, 0.05) is 5.02 Å². The van der Waals surface area contributed by atoms with Gasteiger partial charge in [0.15, 0.2) is 0 Å². The summed E-state index contributed by atoms with van der Waals surface area (Å²) in [5.41, 5.74) is 0.443. The summed E-state index contributed by atoms with van der Waals surface area (Å²) in [6.45, 7) is 1.65. The molecule has 1 aromatic carbocycles. The molecule has 1 amide bonds. The standard InChI is InChI=1S/C11H10Cl2FN5O/c1-6(7-2-10(14)9(13)3-8(7)12)16-11(20)4-19-5-15-17-18-19/h2-3,5-6H,4H2,1H3,(H,16,20)/t6-/m1/s1. The minimum Gasteiger partial charge on any atom is -0.348 e. The smallest absolute Gasteiger partial charge is 0.242 e. The normalized spacial score (nSPS) is 12.2. The molecule has 106 valence electrons. The molecule has 6 nitrogen and oxygen atoms in total. The maximum absolute atomic E-state index is 13.4. The summed E-state index contributed by atoms with van der Waals surface area (Å²) in [5.74, 6) is -0.913. The fourth-order valence-corrected chi connectivity index (χ4v) is 2.18. The number of hydrogen-bond donors (Lipinski definition) is 1. The van der Waals surface area contributed by atoms with E-state index in [-0.39, 0.29) is 22.5 Å². The van der Waals surface area contributed by atoms with E-state index in [2.05, 4.69) is 20.8 Å². The summed E-state index contributed by atoms with van der Waals surface area (Å²) < 4.78 is 14.7. The van der Waals surface area contributed by atoms with E-state index in [0.29, 0.717) is 5.56 Å². The van der Waals surface area contributed by atoms with Crippen molar-refractivity contribution in [3.63, 3.8) is 0 Å². The number of amides is 1. The SMILES string of the molecule is C[C@@H](NC(=O)Cn1cnnn1)c1cc(F)c(Cl)cc1Cl. The molecular formula is C11H10Cl2FN5O. The number of carbonyl (C=O) groups is 1. The Hall–Kier alpha value is -1.73. The first-order chi connectivity index (χ1) is 9.47. The van der Waals surface area contributed by atoms with Crippen molar-refractivity contribution in [2.24, 2.45) is 0 Å². The van der Waals surface area contributed by atoms with Gasteiger partial charge in [0.25, 0.3) is 0 Å². The molecule has 9 heteroatoms. The van der Waals surface area contributed by atoms with Crippen LogP contribution >= 0.6 is 23.2 Å². The van der Waals surface area contributed by atoms with Crippen molar-refractivity contribution in [1.82, 2.24) is 25.5 Å². The van der Waals surface area contributed by atoms with Crippen LogP contribution in [0.25, 0.3) is 0 Å². The highest BCUT2D eigenvalue weighted by atomic mass is 35.5. The van der Waals surface area contributed by atoms with E-state index in [4.69, 9.17) is 23.2 Å². The van der Waals surface area contributed by atoms with Gasteiger partial charge in [-0.2, -0.15) is 0 Å². The van der Waals surface area contributed by atoms with Crippen molar-refractivity contribution in [2.45, 2.75) is 19.5 Å². The van der Waals surface area contributed by atoms with Gasteiger partial charge in [0.05, 0.1) is 11.1 Å². The summed E-state index contributed by atoms with van der Waals surface area (Å²) in [6.07, 6.45) is 1.32. The average molecular weight is 318 g/mol. The zero-order valence-electron chi connectivity index (χ0n) is 10.3. The van der Waals surface area contributed by atoms with Crippen molar-refractivity contribution >= 4 is 29.1 Å². The molecule has 0 unspecified atom stereocenters. The third-order valence-corrected chi connectivity index (χ3v) is 3.20. The van der Waals surface area contributed by atoms with Crippen LogP contribution in [0, 0.1) is 5.82 Å². The number of rotatable bonds is 4. The lowest BCUT2D eigenvalue weighted by molar-refractivity contribution is -0.122. The van der Waals surface area contributed by atoms with Gasteiger partial charge < -0.3 is 5.32 Å². The van der Waals surface area contributed by atoms with Crippen LogP contribution in [-0.4, -0.2) is 26.1 Å². The topological polar surface area (TPSA) is 72.7 Å². The van der Waals surface area contributed by atoms with Crippen LogP contribution in [0.4, 0.5) is 4.39 Å². The van der Waals surface area contributed by atoms with E-state index in [1.807, 2.05) is 0 Å². The maximum Gasteiger partial charge on any atom is 0.242 e. The minimum absolute atomic E-state index is 0.0367. The summed E-state index contributed by atoms with van der Waals surface area (Å²) in [6, 6.07) is 2.03. The number of tetrazole rings is 1. The summed E-state index contributed by atoms with van der Waals surface area (Å²) in [4.78, 5) is 11.8. The number of nitrogens with zero attached hydrogens (tertiary/aromatic N) is 4. The van der Waals surface area contributed by atoms with Crippen molar-refractivity contribution in [1.29, 1.82) is 0 Å². The molecule has 0 spiro atoms. The molecule has 2 rings (SSSR count).